The average molecular weight is 386 g/mol. The topological polar surface area (TPSA) is 111 Å². The summed E-state index contributed by atoms with van der Waals surface area (Å²) in [6.45, 7) is 1.85. The SMILES string of the molecule is NC(=O)c1csc(C(=O)N2CCOC(CNc3nc4ccccc4o3)C2)c1. The second kappa shape index (κ2) is 7.37. The lowest BCUT2D eigenvalue weighted by Crippen LogP contribution is -2.47. The zero-order chi connectivity index (χ0) is 18.8. The first-order valence-electron chi connectivity index (χ1n) is 8.49. The first-order chi connectivity index (χ1) is 13.1. The van der Waals surface area contributed by atoms with E-state index < -0.39 is 5.91 Å². The maximum absolute atomic E-state index is 12.7. The maximum atomic E-state index is 12.7. The van der Waals surface area contributed by atoms with Crippen molar-refractivity contribution in [2.24, 2.45) is 5.73 Å². The highest BCUT2D eigenvalue weighted by atomic mass is 32.1. The fraction of sp³-hybridized carbons (Fsp3) is 0.278. The van der Waals surface area contributed by atoms with Gasteiger partial charge in [-0.3, -0.25) is 9.59 Å². The van der Waals surface area contributed by atoms with Crippen LogP contribution in [0.5, 0.6) is 0 Å². The summed E-state index contributed by atoms with van der Waals surface area (Å²) < 4.78 is 11.4. The summed E-state index contributed by atoms with van der Waals surface area (Å²) in [4.78, 5) is 30.4. The lowest BCUT2D eigenvalue weighted by molar-refractivity contribution is -0.0149. The minimum absolute atomic E-state index is 0.123. The smallest absolute Gasteiger partial charge is 0.295 e. The number of rotatable bonds is 5. The predicted molar refractivity (Wildman–Crippen MR) is 101 cm³/mol. The van der Waals surface area contributed by atoms with Crippen molar-refractivity contribution in [3.63, 3.8) is 0 Å². The number of para-hydroxylation sites is 2. The fourth-order valence-corrected chi connectivity index (χ4v) is 3.77. The Balaban J connectivity index is 1.37. The van der Waals surface area contributed by atoms with Crippen LogP contribution in [0.25, 0.3) is 11.1 Å². The van der Waals surface area contributed by atoms with Crippen molar-refractivity contribution in [3.05, 3.63) is 46.2 Å². The Morgan fingerprint density at radius 1 is 1.37 bits per heavy atom. The molecule has 0 radical (unpaired) electrons. The third-order valence-electron chi connectivity index (χ3n) is 4.30. The standard InChI is InChI=1S/C18H18N4O4S/c19-16(23)11-7-15(27-10-11)17(24)22-5-6-25-12(9-22)8-20-18-21-13-3-1-2-4-14(13)26-18/h1-4,7,10,12H,5-6,8-9H2,(H2,19,23)(H,20,21). The summed E-state index contributed by atoms with van der Waals surface area (Å²) in [6.07, 6.45) is -0.187. The fourth-order valence-electron chi connectivity index (χ4n) is 2.91. The van der Waals surface area contributed by atoms with E-state index in [4.69, 9.17) is 14.9 Å². The molecule has 1 aliphatic rings. The van der Waals surface area contributed by atoms with Gasteiger partial charge in [0.05, 0.1) is 23.2 Å². The van der Waals surface area contributed by atoms with Gasteiger partial charge in [0.1, 0.15) is 5.52 Å². The van der Waals surface area contributed by atoms with Crippen molar-refractivity contribution in [1.29, 1.82) is 0 Å². The number of fused-ring (bicyclic) bond motifs is 1. The maximum Gasteiger partial charge on any atom is 0.295 e. The van der Waals surface area contributed by atoms with Gasteiger partial charge in [-0.2, -0.15) is 4.98 Å². The monoisotopic (exact) mass is 386 g/mol. The Labute approximate surface area is 158 Å². The van der Waals surface area contributed by atoms with Crippen molar-refractivity contribution in [2.45, 2.75) is 6.10 Å². The molecule has 3 N–H and O–H groups in total. The summed E-state index contributed by atoms with van der Waals surface area (Å²) in [5.41, 5.74) is 7.10. The number of thiophene rings is 1. The van der Waals surface area contributed by atoms with Crippen molar-refractivity contribution >= 4 is 40.3 Å². The molecule has 1 atom stereocenters. The molecule has 2 amide bonds. The quantitative estimate of drug-likeness (QED) is 0.693. The number of carbonyl (C=O) groups excluding carboxylic acids is 2. The van der Waals surface area contributed by atoms with Gasteiger partial charge < -0.3 is 25.1 Å². The number of benzene rings is 1. The summed E-state index contributed by atoms with van der Waals surface area (Å²) in [5, 5.41) is 4.72. The van der Waals surface area contributed by atoms with Crippen LogP contribution in [0.4, 0.5) is 6.01 Å². The number of nitrogens with one attached hydrogen (secondary N) is 1. The molecule has 3 aromatic rings. The number of morpholine rings is 1. The van der Waals surface area contributed by atoms with Crippen LogP contribution >= 0.6 is 11.3 Å². The summed E-state index contributed by atoms with van der Waals surface area (Å²) in [7, 11) is 0. The van der Waals surface area contributed by atoms with E-state index in [1.807, 2.05) is 24.3 Å². The minimum atomic E-state index is -0.535. The summed E-state index contributed by atoms with van der Waals surface area (Å²) in [6, 6.07) is 9.48. The highest BCUT2D eigenvalue weighted by molar-refractivity contribution is 7.12. The Morgan fingerprint density at radius 3 is 3.00 bits per heavy atom. The van der Waals surface area contributed by atoms with Gasteiger partial charge in [-0.15, -0.1) is 11.3 Å². The summed E-state index contributed by atoms with van der Waals surface area (Å²) in [5.74, 6) is -0.657. The molecule has 0 saturated carbocycles. The van der Waals surface area contributed by atoms with Crippen LogP contribution in [-0.4, -0.2) is 54.0 Å². The Morgan fingerprint density at radius 2 is 2.22 bits per heavy atom. The van der Waals surface area contributed by atoms with E-state index in [0.29, 0.717) is 48.3 Å². The number of nitrogens with zero attached hydrogens (tertiary/aromatic N) is 2. The van der Waals surface area contributed by atoms with E-state index >= 15 is 0 Å². The number of amides is 2. The predicted octanol–water partition coefficient (Wildman–Crippen LogP) is 1.94. The Bertz CT molecular complexity index is 950. The van der Waals surface area contributed by atoms with E-state index in [-0.39, 0.29) is 12.0 Å². The number of anilines is 1. The van der Waals surface area contributed by atoms with Crippen molar-refractivity contribution in [2.75, 3.05) is 31.6 Å². The van der Waals surface area contributed by atoms with E-state index in [1.54, 1.807) is 10.3 Å². The van der Waals surface area contributed by atoms with Gasteiger partial charge in [0.15, 0.2) is 5.58 Å². The number of hydrogen-bond donors (Lipinski definition) is 2. The van der Waals surface area contributed by atoms with Gasteiger partial charge in [0.25, 0.3) is 11.9 Å². The normalized spacial score (nSPS) is 17.2. The second-order valence-electron chi connectivity index (χ2n) is 6.18. The molecule has 1 fully saturated rings. The number of nitrogens with two attached hydrogens (primary N) is 1. The largest absolute Gasteiger partial charge is 0.424 e. The van der Waals surface area contributed by atoms with Crippen molar-refractivity contribution in [1.82, 2.24) is 9.88 Å². The van der Waals surface area contributed by atoms with Crippen LogP contribution in [0.2, 0.25) is 0 Å². The van der Waals surface area contributed by atoms with Crippen LogP contribution in [0.15, 0.2) is 40.1 Å². The number of aromatic nitrogens is 1. The average Bonchev–Trinajstić information content (AvgIpc) is 3.33. The molecule has 0 bridgehead atoms. The number of oxazole rings is 1. The number of carbonyl (C=O) groups is 2. The first kappa shape index (κ1) is 17.5. The molecule has 8 nitrogen and oxygen atoms in total. The third kappa shape index (κ3) is 3.79. The van der Waals surface area contributed by atoms with Crippen LogP contribution in [0.1, 0.15) is 20.0 Å². The highest BCUT2D eigenvalue weighted by Crippen LogP contribution is 2.20. The molecule has 1 aromatic carbocycles. The van der Waals surface area contributed by atoms with Crippen LogP contribution in [0, 0.1) is 0 Å². The zero-order valence-electron chi connectivity index (χ0n) is 14.4. The van der Waals surface area contributed by atoms with Gasteiger partial charge >= 0.3 is 0 Å². The van der Waals surface area contributed by atoms with Crippen LogP contribution in [-0.2, 0) is 4.74 Å². The van der Waals surface area contributed by atoms with E-state index in [2.05, 4.69) is 10.3 Å². The highest BCUT2D eigenvalue weighted by Gasteiger charge is 2.26. The van der Waals surface area contributed by atoms with E-state index in [0.717, 1.165) is 5.52 Å². The van der Waals surface area contributed by atoms with E-state index in [9.17, 15) is 9.59 Å². The minimum Gasteiger partial charge on any atom is -0.424 e. The van der Waals surface area contributed by atoms with Gasteiger partial charge in [-0.05, 0) is 18.2 Å². The van der Waals surface area contributed by atoms with Gasteiger partial charge in [0, 0.05) is 25.0 Å². The number of ether oxygens (including phenoxy) is 1. The molecule has 0 aliphatic carbocycles. The molecule has 1 aliphatic heterocycles. The molecule has 0 spiro atoms. The summed E-state index contributed by atoms with van der Waals surface area (Å²) >= 11 is 1.22. The van der Waals surface area contributed by atoms with Crippen LogP contribution < -0.4 is 11.1 Å². The van der Waals surface area contributed by atoms with E-state index in [1.165, 1.54) is 17.4 Å². The third-order valence-corrected chi connectivity index (χ3v) is 5.21. The Kier molecular flexibility index (Phi) is 4.78. The molecule has 4 rings (SSSR count). The number of primary amides is 1. The lowest BCUT2D eigenvalue weighted by Gasteiger charge is -2.32. The molecule has 1 unspecified atom stereocenters. The molecule has 9 heteroatoms. The molecular formula is C18H18N4O4S. The molecule has 27 heavy (non-hydrogen) atoms. The molecule has 1 saturated heterocycles. The van der Waals surface area contributed by atoms with Gasteiger partial charge in [0.2, 0.25) is 5.91 Å². The Hall–Kier alpha value is -2.91. The van der Waals surface area contributed by atoms with Crippen molar-refractivity contribution < 1.29 is 18.7 Å². The molecule has 2 aromatic heterocycles. The zero-order valence-corrected chi connectivity index (χ0v) is 15.2. The van der Waals surface area contributed by atoms with Gasteiger partial charge in [-0.25, -0.2) is 0 Å². The van der Waals surface area contributed by atoms with Gasteiger partial charge in [-0.1, -0.05) is 12.1 Å². The second-order valence-corrected chi connectivity index (χ2v) is 7.09. The van der Waals surface area contributed by atoms with Crippen molar-refractivity contribution in [3.8, 4) is 0 Å². The lowest BCUT2D eigenvalue weighted by atomic mass is 10.2. The first-order valence-corrected chi connectivity index (χ1v) is 9.37. The number of hydrogen-bond acceptors (Lipinski definition) is 7. The van der Waals surface area contributed by atoms with Crippen LogP contribution in [0.3, 0.4) is 0 Å². The molecule has 140 valence electrons. The molecular weight excluding hydrogens is 368 g/mol. The molecule has 3 heterocycles.